The Kier molecular flexibility index (Phi) is 3.77. The normalized spacial score (nSPS) is 10.2. The standard InChI is InChI=1S/C12H9FN2S2/c1-16-10-4-2-3-9(13)11(10)12-15-8(5-6-14)7-17-12/h2-4,7H,5H2,1H3. The van der Waals surface area contributed by atoms with Crippen LogP contribution in [0, 0.1) is 17.1 Å². The van der Waals surface area contributed by atoms with Crippen molar-refractivity contribution < 1.29 is 4.39 Å². The molecule has 0 amide bonds. The van der Waals surface area contributed by atoms with Crippen molar-refractivity contribution in [3.05, 3.63) is 35.1 Å². The highest BCUT2D eigenvalue weighted by molar-refractivity contribution is 7.98. The van der Waals surface area contributed by atoms with Gasteiger partial charge in [-0.05, 0) is 18.4 Å². The Morgan fingerprint density at radius 3 is 3.06 bits per heavy atom. The molecule has 0 spiro atoms. The van der Waals surface area contributed by atoms with Crippen LogP contribution in [0.25, 0.3) is 10.6 Å². The quantitative estimate of drug-likeness (QED) is 0.792. The van der Waals surface area contributed by atoms with Gasteiger partial charge in [-0.3, -0.25) is 0 Å². The minimum absolute atomic E-state index is 0.263. The van der Waals surface area contributed by atoms with Crippen LogP contribution in [0.15, 0.2) is 28.5 Å². The minimum atomic E-state index is -0.269. The third-order valence-electron chi connectivity index (χ3n) is 2.22. The Bertz CT molecular complexity index is 572. The number of halogens is 1. The first kappa shape index (κ1) is 12.1. The van der Waals surface area contributed by atoms with Crippen molar-refractivity contribution in [2.24, 2.45) is 0 Å². The molecule has 0 unspecified atom stereocenters. The third kappa shape index (κ3) is 2.48. The van der Waals surface area contributed by atoms with Crippen LogP contribution in [-0.2, 0) is 6.42 Å². The summed E-state index contributed by atoms with van der Waals surface area (Å²) in [6.45, 7) is 0. The molecule has 1 aromatic carbocycles. The summed E-state index contributed by atoms with van der Waals surface area (Å²) in [5.74, 6) is -0.269. The lowest BCUT2D eigenvalue weighted by Gasteiger charge is -2.04. The van der Waals surface area contributed by atoms with Gasteiger partial charge in [-0.2, -0.15) is 5.26 Å². The summed E-state index contributed by atoms with van der Waals surface area (Å²) in [4.78, 5) is 5.15. The number of thioether (sulfide) groups is 1. The predicted molar refractivity (Wildman–Crippen MR) is 68.6 cm³/mol. The zero-order chi connectivity index (χ0) is 12.3. The Labute approximate surface area is 107 Å². The van der Waals surface area contributed by atoms with Crippen molar-refractivity contribution in [3.8, 4) is 16.6 Å². The number of hydrogen-bond acceptors (Lipinski definition) is 4. The monoisotopic (exact) mass is 264 g/mol. The van der Waals surface area contributed by atoms with Crippen molar-refractivity contribution in [1.29, 1.82) is 5.26 Å². The van der Waals surface area contributed by atoms with Gasteiger partial charge in [0.25, 0.3) is 0 Å². The lowest BCUT2D eigenvalue weighted by Crippen LogP contribution is -1.88. The highest BCUT2D eigenvalue weighted by Crippen LogP contribution is 2.34. The van der Waals surface area contributed by atoms with E-state index in [-0.39, 0.29) is 12.2 Å². The molecule has 1 aromatic heterocycles. The topological polar surface area (TPSA) is 36.7 Å². The highest BCUT2D eigenvalue weighted by Gasteiger charge is 2.13. The molecule has 17 heavy (non-hydrogen) atoms. The maximum Gasteiger partial charge on any atom is 0.134 e. The van der Waals surface area contributed by atoms with Crippen LogP contribution >= 0.6 is 23.1 Å². The molecule has 0 saturated carbocycles. The molecular formula is C12H9FN2S2. The molecule has 0 saturated heterocycles. The summed E-state index contributed by atoms with van der Waals surface area (Å²) in [5.41, 5.74) is 1.23. The van der Waals surface area contributed by atoms with E-state index in [4.69, 9.17) is 5.26 Å². The summed E-state index contributed by atoms with van der Waals surface area (Å²) < 4.78 is 13.8. The van der Waals surface area contributed by atoms with Gasteiger partial charge in [0.1, 0.15) is 10.8 Å². The van der Waals surface area contributed by atoms with E-state index in [1.54, 1.807) is 11.4 Å². The number of hydrogen-bond donors (Lipinski definition) is 0. The minimum Gasteiger partial charge on any atom is -0.240 e. The summed E-state index contributed by atoms with van der Waals surface area (Å²) >= 11 is 2.86. The zero-order valence-corrected chi connectivity index (χ0v) is 10.7. The molecule has 86 valence electrons. The molecule has 2 aromatic rings. The first-order valence-corrected chi connectivity index (χ1v) is 7.01. The largest absolute Gasteiger partial charge is 0.240 e. The van der Waals surface area contributed by atoms with Crippen molar-refractivity contribution in [3.63, 3.8) is 0 Å². The van der Waals surface area contributed by atoms with Gasteiger partial charge in [0.05, 0.1) is 23.7 Å². The molecule has 2 rings (SSSR count). The SMILES string of the molecule is CSc1cccc(F)c1-c1nc(CC#N)cs1. The van der Waals surface area contributed by atoms with Gasteiger partial charge < -0.3 is 0 Å². The Hall–Kier alpha value is -1.38. The molecular weight excluding hydrogens is 255 g/mol. The van der Waals surface area contributed by atoms with Crippen LogP contribution in [0.1, 0.15) is 5.69 Å². The van der Waals surface area contributed by atoms with Crippen molar-refractivity contribution in [2.75, 3.05) is 6.26 Å². The second kappa shape index (κ2) is 5.30. The highest BCUT2D eigenvalue weighted by atomic mass is 32.2. The average molecular weight is 264 g/mol. The maximum absolute atomic E-state index is 13.8. The molecule has 2 nitrogen and oxygen atoms in total. The van der Waals surface area contributed by atoms with E-state index in [1.807, 2.05) is 18.4 Å². The van der Waals surface area contributed by atoms with E-state index in [0.717, 1.165) is 4.90 Å². The molecule has 0 radical (unpaired) electrons. The summed E-state index contributed by atoms with van der Waals surface area (Å²) in [5, 5.41) is 11.0. The smallest absolute Gasteiger partial charge is 0.134 e. The number of rotatable bonds is 3. The molecule has 0 N–H and O–H groups in total. The van der Waals surface area contributed by atoms with Gasteiger partial charge in [-0.1, -0.05) is 6.07 Å². The van der Waals surface area contributed by atoms with Crippen molar-refractivity contribution in [2.45, 2.75) is 11.3 Å². The van der Waals surface area contributed by atoms with E-state index < -0.39 is 0 Å². The lowest BCUT2D eigenvalue weighted by molar-refractivity contribution is 0.628. The van der Waals surface area contributed by atoms with Gasteiger partial charge in [-0.25, -0.2) is 9.37 Å². The van der Waals surface area contributed by atoms with E-state index in [2.05, 4.69) is 4.98 Å². The molecule has 0 aliphatic rings. The number of aromatic nitrogens is 1. The summed E-state index contributed by atoms with van der Waals surface area (Å²) in [6, 6.07) is 7.03. The number of nitrogens with zero attached hydrogens (tertiary/aromatic N) is 2. The average Bonchev–Trinajstić information content (AvgIpc) is 2.77. The lowest BCUT2D eigenvalue weighted by atomic mass is 10.2. The van der Waals surface area contributed by atoms with Crippen LogP contribution in [0.3, 0.4) is 0 Å². The van der Waals surface area contributed by atoms with Crippen LogP contribution < -0.4 is 0 Å². The van der Waals surface area contributed by atoms with Crippen LogP contribution in [-0.4, -0.2) is 11.2 Å². The predicted octanol–water partition coefficient (Wildman–Crippen LogP) is 3.74. The van der Waals surface area contributed by atoms with E-state index in [9.17, 15) is 4.39 Å². The Morgan fingerprint density at radius 2 is 2.35 bits per heavy atom. The first-order valence-electron chi connectivity index (χ1n) is 4.90. The van der Waals surface area contributed by atoms with Gasteiger partial charge in [0, 0.05) is 10.3 Å². The van der Waals surface area contributed by atoms with Gasteiger partial charge in [0.15, 0.2) is 0 Å². The molecule has 0 fully saturated rings. The zero-order valence-electron chi connectivity index (χ0n) is 9.11. The molecule has 0 aliphatic carbocycles. The Balaban J connectivity index is 2.48. The van der Waals surface area contributed by atoms with Crippen molar-refractivity contribution >= 4 is 23.1 Å². The fraction of sp³-hybridized carbons (Fsp3) is 0.167. The van der Waals surface area contributed by atoms with Crippen LogP contribution in [0.4, 0.5) is 4.39 Å². The van der Waals surface area contributed by atoms with Gasteiger partial charge >= 0.3 is 0 Å². The first-order chi connectivity index (χ1) is 8.26. The summed E-state index contributed by atoms with van der Waals surface area (Å²) in [6.07, 6.45) is 2.17. The number of nitriles is 1. The Morgan fingerprint density at radius 1 is 1.53 bits per heavy atom. The van der Waals surface area contributed by atoms with Gasteiger partial charge in [-0.15, -0.1) is 23.1 Å². The summed E-state index contributed by atoms with van der Waals surface area (Å²) in [7, 11) is 0. The van der Waals surface area contributed by atoms with E-state index >= 15 is 0 Å². The maximum atomic E-state index is 13.8. The van der Waals surface area contributed by atoms with Crippen LogP contribution in [0.5, 0.6) is 0 Å². The third-order valence-corrected chi connectivity index (χ3v) is 3.91. The van der Waals surface area contributed by atoms with E-state index in [1.165, 1.54) is 29.2 Å². The van der Waals surface area contributed by atoms with E-state index in [0.29, 0.717) is 16.3 Å². The number of benzene rings is 1. The second-order valence-electron chi connectivity index (χ2n) is 3.30. The van der Waals surface area contributed by atoms with Gasteiger partial charge in [0.2, 0.25) is 0 Å². The molecule has 0 atom stereocenters. The molecule has 0 bridgehead atoms. The van der Waals surface area contributed by atoms with Crippen molar-refractivity contribution in [1.82, 2.24) is 4.98 Å². The molecule has 1 heterocycles. The second-order valence-corrected chi connectivity index (χ2v) is 5.00. The fourth-order valence-electron chi connectivity index (χ4n) is 1.47. The molecule has 5 heteroatoms. The van der Waals surface area contributed by atoms with Crippen LogP contribution in [0.2, 0.25) is 0 Å². The fourth-order valence-corrected chi connectivity index (χ4v) is 3.02. The number of thiazole rings is 1. The molecule has 0 aliphatic heterocycles.